The molecule has 0 aromatic rings. The van der Waals surface area contributed by atoms with Gasteiger partial charge in [0.1, 0.15) is 0 Å². The van der Waals surface area contributed by atoms with Crippen molar-refractivity contribution in [2.24, 2.45) is 10.9 Å². The number of rotatable bonds is 11. The minimum absolute atomic E-state index is 0. The van der Waals surface area contributed by atoms with Crippen LogP contribution >= 0.6 is 24.0 Å². The third kappa shape index (κ3) is 10.6. The van der Waals surface area contributed by atoms with Crippen molar-refractivity contribution in [3.05, 3.63) is 0 Å². The molecule has 2 N–H and O–H groups in total. The highest BCUT2D eigenvalue weighted by molar-refractivity contribution is 14.0. The first kappa shape index (κ1) is 22.9. The monoisotopic (exact) mass is 468 g/mol. The van der Waals surface area contributed by atoms with Gasteiger partial charge in [0.25, 0.3) is 0 Å². The maximum Gasteiger partial charge on any atom is 0.191 e. The van der Waals surface area contributed by atoms with Crippen LogP contribution in [0.15, 0.2) is 4.99 Å². The van der Waals surface area contributed by atoms with Gasteiger partial charge in [-0.3, -0.25) is 4.99 Å². The lowest BCUT2D eigenvalue weighted by molar-refractivity contribution is 0.0893. The van der Waals surface area contributed by atoms with E-state index < -0.39 is 0 Å². The summed E-state index contributed by atoms with van der Waals surface area (Å²) in [6.07, 6.45) is 6.03. The van der Waals surface area contributed by atoms with Crippen LogP contribution in [0, 0.1) is 5.92 Å². The Balaban J connectivity index is 0.00000312. The van der Waals surface area contributed by atoms with E-state index in [0.29, 0.717) is 5.92 Å². The maximum absolute atomic E-state index is 5.72. The van der Waals surface area contributed by atoms with Crippen molar-refractivity contribution in [2.75, 3.05) is 65.7 Å². The zero-order chi connectivity index (χ0) is 16.9. The molecule has 0 spiro atoms. The van der Waals surface area contributed by atoms with Crippen LogP contribution in [0.5, 0.6) is 0 Å². The second kappa shape index (κ2) is 15.0. The van der Waals surface area contributed by atoms with Gasteiger partial charge >= 0.3 is 0 Å². The summed E-state index contributed by atoms with van der Waals surface area (Å²) < 4.78 is 11.1. The molecule has 2 saturated heterocycles. The van der Waals surface area contributed by atoms with E-state index >= 15 is 0 Å². The summed E-state index contributed by atoms with van der Waals surface area (Å²) in [4.78, 5) is 7.18. The molecule has 148 valence electrons. The van der Waals surface area contributed by atoms with E-state index in [4.69, 9.17) is 9.47 Å². The van der Waals surface area contributed by atoms with Gasteiger partial charge in [-0.1, -0.05) is 0 Å². The van der Waals surface area contributed by atoms with Crippen molar-refractivity contribution < 1.29 is 9.47 Å². The summed E-state index contributed by atoms with van der Waals surface area (Å²) >= 11 is 0. The number of halogens is 1. The maximum atomic E-state index is 5.72. The fraction of sp³-hybridized carbons (Fsp3) is 0.944. The molecule has 2 rings (SSSR count). The van der Waals surface area contributed by atoms with Crippen molar-refractivity contribution in [1.29, 1.82) is 0 Å². The van der Waals surface area contributed by atoms with Crippen molar-refractivity contribution in [2.45, 2.75) is 39.0 Å². The molecule has 1 atom stereocenters. The molecule has 0 aliphatic carbocycles. The third-order valence-electron chi connectivity index (χ3n) is 4.58. The number of guanidine groups is 1. The van der Waals surface area contributed by atoms with Crippen LogP contribution in [0.3, 0.4) is 0 Å². The van der Waals surface area contributed by atoms with Crippen LogP contribution in [0.1, 0.15) is 39.0 Å². The average molecular weight is 468 g/mol. The van der Waals surface area contributed by atoms with Gasteiger partial charge in [0.15, 0.2) is 5.96 Å². The van der Waals surface area contributed by atoms with E-state index in [9.17, 15) is 0 Å². The van der Waals surface area contributed by atoms with Crippen LogP contribution < -0.4 is 10.6 Å². The number of ether oxygens (including phenoxy) is 2. The lowest BCUT2D eigenvalue weighted by Gasteiger charge is -2.15. The normalized spacial score (nSPS) is 21.3. The highest BCUT2D eigenvalue weighted by Crippen LogP contribution is 2.12. The van der Waals surface area contributed by atoms with Crippen molar-refractivity contribution in [3.8, 4) is 0 Å². The zero-order valence-electron chi connectivity index (χ0n) is 15.8. The quantitative estimate of drug-likeness (QED) is 0.211. The smallest absolute Gasteiger partial charge is 0.191 e. The third-order valence-corrected chi connectivity index (χ3v) is 4.58. The Bertz CT molecular complexity index is 346. The number of nitrogens with zero attached hydrogens (tertiary/aromatic N) is 2. The standard InChI is InChI=1S/C18H36N4O2.HI/c1-2-19-18(20-8-5-12-22-10-3-4-11-22)21-9-6-13-23-15-17-7-14-24-16-17;/h17H,2-16H2,1H3,(H2,19,20,21);1H. The largest absolute Gasteiger partial charge is 0.381 e. The summed E-state index contributed by atoms with van der Waals surface area (Å²) in [6.45, 7) is 11.9. The molecule has 7 heteroatoms. The first-order valence-electron chi connectivity index (χ1n) is 9.78. The molecule has 0 amide bonds. The number of likely N-dealkylation sites (tertiary alicyclic amines) is 1. The summed E-state index contributed by atoms with van der Waals surface area (Å²) in [6, 6.07) is 0. The van der Waals surface area contributed by atoms with E-state index in [1.54, 1.807) is 0 Å². The molecule has 2 fully saturated rings. The molecule has 0 aromatic heterocycles. The van der Waals surface area contributed by atoms with Crippen molar-refractivity contribution >= 4 is 29.9 Å². The number of aliphatic imine (C=N–C) groups is 1. The van der Waals surface area contributed by atoms with E-state index in [1.807, 2.05) is 0 Å². The van der Waals surface area contributed by atoms with Crippen LogP contribution in [0.25, 0.3) is 0 Å². The second-order valence-corrected chi connectivity index (χ2v) is 6.75. The average Bonchev–Trinajstić information content (AvgIpc) is 3.28. The van der Waals surface area contributed by atoms with Gasteiger partial charge in [-0.05, 0) is 58.7 Å². The minimum atomic E-state index is 0. The molecule has 2 aliphatic rings. The highest BCUT2D eigenvalue weighted by atomic mass is 127. The van der Waals surface area contributed by atoms with E-state index in [2.05, 4.69) is 27.4 Å². The molecule has 0 aromatic carbocycles. The molecule has 6 nitrogen and oxygen atoms in total. The van der Waals surface area contributed by atoms with Gasteiger partial charge in [0.05, 0.1) is 13.2 Å². The molecular formula is C18H37IN4O2. The Hall–Kier alpha value is -0.120. The van der Waals surface area contributed by atoms with Gasteiger partial charge in [-0.25, -0.2) is 0 Å². The van der Waals surface area contributed by atoms with Crippen molar-refractivity contribution in [3.63, 3.8) is 0 Å². The molecule has 2 heterocycles. The Labute approximate surface area is 170 Å². The predicted octanol–water partition coefficient (Wildman–Crippen LogP) is 2.09. The second-order valence-electron chi connectivity index (χ2n) is 6.75. The molecule has 0 saturated carbocycles. The first-order chi connectivity index (χ1) is 11.9. The van der Waals surface area contributed by atoms with Gasteiger partial charge < -0.3 is 25.0 Å². The summed E-state index contributed by atoms with van der Waals surface area (Å²) in [5.41, 5.74) is 0. The number of hydrogen-bond acceptors (Lipinski definition) is 4. The van der Waals surface area contributed by atoms with Gasteiger partial charge in [-0.15, -0.1) is 24.0 Å². The molecule has 2 aliphatic heterocycles. The molecule has 1 unspecified atom stereocenters. The Morgan fingerprint density at radius 2 is 2.08 bits per heavy atom. The Morgan fingerprint density at radius 3 is 2.80 bits per heavy atom. The van der Waals surface area contributed by atoms with E-state index in [-0.39, 0.29) is 24.0 Å². The summed E-state index contributed by atoms with van der Waals surface area (Å²) in [5, 5.41) is 6.75. The molecule has 0 radical (unpaired) electrons. The molecular weight excluding hydrogens is 431 g/mol. The number of hydrogen-bond donors (Lipinski definition) is 2. The lowest BCUT2D eigenvalue weighted by atomic mass is 10.1. The number of nitrogens with one attached hydrogen (secondary N) is 2. The lowest BCUT2D eigenvalue weighted by Crippen LogP contribution is -2.38. The fourth-order valence-electron chi connectivity index (χ4n) is 3.18. The predicted molar refractivity (Wildman–Crippen MR) is 114 cm³/mol. The first-order valence-corrected chi connectivity index (χ1v) is 9.78. The van der Waals surface area contributed by atoms with Gasteiger partial charge in [-0.2, -0.15) is 0 Å². The van der Waals surface area contributed by atoms with Crippen LogP contribution in [0.4, 0.5) is 0 Å². The van der Waals surface area contributed by atoms with Crippen LogP contribution in [-0.4, -0.2) is 76.6 Å². The zero-order valence-corrected chi connectivity index (χ0v) is 18.1. The van der Waals surface area contributed by atoms with Crippen molar-refractivity contribution in [1.82, 2.24) is 15.5 Å². The van der Waals surface area contributed by atoms with Crippen LogP contribution in [0.2, 0.25) is 0 Å². The Morgan fingerprint density at radius 1 is 1.24 bits per heavy atom. The molecule has 25 heavy (non-hydrogen) atoms. The van der Waals surface area contributed by atoms with E-state index in [0.717, 1.165) is 64.9 Å². The fourth-order valence-corrected chi connectivity index (χ4v) is 3.18. The van der Waals surface area contributed by atoms with E-state index in [1.165, 1.54) is 38.9 Å². The van der Waals surface area contributed by atoms with Crippen LogP contribution in [-0.2, 0) is 9.47 Å². The summed E-state index contributed by atoms with van der Waals surface area (Å²) in [7, 11) is 0. The topological polar surface area (TPSA) is 58.1 Å². The summed E-state index contributed by atoms with van der Waals surface area (Å²) in [5.74, 6) is 1.53. The molecule has 0 bridgehead atoms. The minimum Gasteiger partial charge on any atom is -0.381 e. The Kier molecular flexibility index (Phi) is 13.7. The highest BCUT2D eigenvalue weighted by Gasteiger charge is 2.15. The SMILES string of the molecule is CCNC(=NCCCOCC1CCOC1)NCCCN1CCCC1.I. The van der Waals surface area contributed by atoms with Gasteiger partial charge in [0, 0.05) is 38.8 Å². The van der Waals surface area contributed by atoms with Gasteiger partial charge in [0.2, 0.25) is 0 Å².